The Morgan fingerprint density at radius 3 is 2.79 bits per heavy atom. The predicted molar refractivity (Wildman–Crippen MR) is 46.0 cm³/mol. The lowest BCUT2D eigenvalue weighted by Crippen LogP contribution is -2.32. The van der Waals surface area contributed by atoms with Crippen LogP contribution in [0.25, 0.3) is 0 Å². The first-order chi connectivity index (χ1) is 6.72. The van der Waals surface area contributed by atoms with E-state index in [0.717, 1.165) is 0 Å². The normalized spacial score (nSPS) is 20.1. The largest absolute Gasteiger partial charge is 0.464 e. The van der Waals surface area contributed by atoms with Crippen LogP contribution >= 0.6 is 0 Å². The van der Waals surface area contributed by atoms with E-state index in [1.807, 2.05) is 0 Å². The van der Waals surface area contributed by atoms with Gasteiger partial charge in [-0.15, -0.1) is 0 Å². The van der Waals surface area contributed by atoms with Crippen molar-refractivity contribution in [2.24, 2.45) is 0 Å². The molecule has 0 aliphatic carbocycles. The van der Waals surface area contributed by atoms with E-state index in [1.54, 1.807) is 6.07 Å². The van der Waals surface area contributed by atoms with Gasteiger partial charge in [0.05, 0.1) is 6.61 Å². The van der Waals surface area contributed by atoms with Crippen LogP contribution in [-0.4, -0.2) is 17.7 Å². The Morgan fingerprint density at radius 1 is 1.57 bits per heavy atom. The van der Waals surface area contributed by atoms with E-state index in [0.29, 0.717) is 12.2 Å². The number of aliphatic hydroxyl groups excluding tert-OH is 1. The molecule has 74 valence electrons. The smallest absolute Gasteiger partial charge is 0.316 e. The zero-order valence-corrected chi connectivity index (χ0v) is 7.37. The van der Waals surface area contributed by atoms with Gasteiger partial charge in [-0.2, -0.15) is 0 Å². The summed E-state index contributed by atoms with van der Waals surface area (Å²) in [6, 6.07) is 4.40. The summed E-state index contributed by atoms with van der Waals surface area (Å²) in [5.41, 5.74) is 0.845. The highest BCUT2D eigenvalue weighted by molar-refractivity contribution is 5.82. The molecule has 0 aromatic heterocycles. The summed E-state index contributed by atoms with van der Waals surface area (Å²) >= 11 is 0. The molecule has 1 aliphatic rings. The molecule has 1 saturated heterocycles. The molecular formula is C10H9FO3. The van der Waals surface area contributed by atoms with Gasteiger partial charge in [0.2, 0.25) is 0 Å². The first-order valence-electron chi connectivity index (χ1n) is 4.28. The average molecular weight is 196 g/mol. The molecule has 1 aliphatic heterocycles. The van der Waals surface area contributed by atoms with Gasteiger partial charge < -0.3 is 9.84 Å². The van der Waals surface area contributed by atoms with Gasteiger partial charge in [-0.05, 0) is 11.6 Å². The van der Waals surface area contributed by atoms with E-state index >= 15 is 0 Å². The number of hydrogen-bond donors (Lipinski definition) is 1. The van der Waals surface area contributed by atoms with Crippen LogP contribution in [0.3, 0.4) is 0 Å². The summed E-state index contributed by atoms with van der Waals surface area (Å²) in [5.74, 6) is -1.14. The summed E-state index contributed by atoms with van der Waals surface area (Å²) < 4.78 is 17.8. The van der Waals surface area contributed by atoms with Gasteiger partial charge in [-0.25, -0.2) is 4.39 Å². The topological polar surface area (TPSA) is 46.5 Å². The molecule has 1 heterocycles. The Bertz CT molecular complexity index is 376. The first-order valence-corrected chi connectivity index (χ1v) is 4.28. The quantitative estimate of drug-likeness (QED) is 0.716. The van der Waals surface area contributed by atoms with Gasteiger partial charge in [0.25, 0.3) is 0 Å². The molecule has 0 bridgehead atoms. The molecule has 3 nitrogen and oxygen atoms in total. The van der Waals surface area contributed by atoms with Gasteiger partial charge in [0.15, 0.2) is 0 Å². The molecule has 0 saturated carbocycles. The van der Waals surface area contributed by atoms with Crippen LogP contribution in [0.4, 0.5) is 4.39 Å². The van der Waals surface area contributed by atoms with E-state index in [-0.39, 0.29) is 24.1 Å². The molecule has 1 aromatic carbocycles. The average Bonchev–Trinajstić information content (AvgIpc) is 2.16. The van der Waals surface area contributed by atoms with Gasteiger partial charge in [-0.1, -0.05) is 12.1 Å². The zero-order chi connectivity index (χ0) is 10.1. The van der Waals surface area contributed by atoms with Crippen molar-refractivity contribution >= 4 is 5.97 Å². The third-order valence-electron chi connectivity index (χ3n) is 2.33. The van der Waals surface area contributed by atoms with Gasteiger partial charge in [0, 0.05) is 5.56 Å². The van der Waals surface area contributed by atoms with Crippen molar-refractivity contribution in [1.29, 1.82) is 0 Å². The van der Waals surface area contributed by atoms with Crippen LogP contribution in [0.15, 0.2) is 18.2 Å². The molecule has 1 atom stereocenters. The lowest BCUT2D eigenvalue weighted by atomic mass is 9.95. The fourth-order valence-electron chi connectivity index (χ4n) is 1.38. The fraction of sp³-hybridized carbons (Fsp3) is 0.300. The van der Waals surface area contributed by atoms with E-state index in [9.17, 15) is 9.18 Å². The number of hydrogen-bond acceptors (Lipinski definition) is 3. The maximum Gasteiger partial charge on any atom is 0.316 e. The molecule has 1 unspecified atom stereocenters. The Kier molecular flexibility index (Phi) is 2.21. The minimum atomic E-state index is -0.482. The number of rotatable bonds is 2. The van der Waals surface area contributed by atoms with Crippen molar-refractivity contribution in [1.82, 2.24) is 0 Å². The monoisotopic (exact) mass is 196 g/mol. The molecule has 4 heteroatoms. The number of carbonyl (C=O) groups excluding carboxylic acids is 1. The van der Waals surface area contributed by atoms with Crippen molar-refractivity contribution in [2.75, 3.05) is 6.61 Å². The Labute approximate surface area is 80.1 Å². The van der Waals surface area contributed by atoms with E-state index in [4.69, 9.17) is 5.11 Å². The molecule has 0 spiro atoms. The maximum absolute atomic E-state index is 13.2. The van der Waals surface area contributed by atoms with Crippen LogP contribution in [0, 0.1) is 5.82 Å². The van der Waals surface area contributed by atoms with E-state index in [1.165, 1.54) is 12.1 Å². The summed E-state index contributed by atoms with van der Waals surface area (Å²) in [5, 5.41) is 8.74. The number of ether oxygens (including phenoxy) is 1. The summed E-state index contributed by atoms with van der Waals surface area (Å²) in [6.07, 6.45) is 0. The van der Waals surface area contributed by atoms with Gasteiger partial charge in [-0.3, -0.25) is 4.79 Å². The fourth-order valence-corrected chi connectivity index (χ4v) is 1.38. The highest BCUT2D eigenvalue weighted by atomic mass is 19.1. The van der Waals surface area contributed by atoms with Gasteiger partial charge >= 0.3 is 5.97 Å². The Balaban J connectivity index is 2.28. The van der Waals surface area contributed by atoms with Crippen LogP contribution in [0.2, 0.25) is 0 Å². The maximum atomic E-state index is 13.2. The second-order valence-electron chi connectivity index (χ2n) is 3.19. The van der Waals surface area contributed by atoms with Crippen LogP contribution in [0.1, 0.15) is 17.0 Å². The minimum Gasteiger partial charge on any atom is -0.464 e. The second-order valence-corrected chi connectivity index (χ2v) is 3.19. The summed E-state index contributed by atoms with van der Waals surface area (Å²) in [4.78, 5) is 10.9. The number of carbonyl (C=O) groups is 1. The molecule has 1 aromatic rings. The van der Waals surface area contributed by atoms with Crippen molar-refractivity contribution in [3.63, 3.8) is 0 Å². The lowest BCUT2D eigenvalue weighted by molar-refractivity contribution is -0.161. The van der Waals surface area contributed by atoms with Crippen molar-refractivity contribution in [3.8, 4) is 0 Å². The number of cyclic esters (lactones) is 1. The lowest BCUT2D eigenvalue weighted by Gasteiger charge is -2.24. The second kappa shape index (κ2) is 3.38. The van der Waals surface area contributed by atoms with E-state index in [2.05, 4.69) is 4.74 Å². The Hall–Kier alpha value is -1.42. The molecule has 2 rings (SSSR count). The molecule has 14 heavy (non-hydrogen) atoms. The molecular weight excluding hydrogens is 187 g/mol. The number of halogens is 1. The van der Waals surface area contributed by atoms with Crippen LogP contribution < -0.4 is 0 Å². The molecule has 1 fully saturated rings. The third-order valence-corrected chi connectivity index (χ3v) is 2.33. The number of aliphatic hydroxyl groups is 1. The van der Waals surface area contributed by atoms with Gasteiger partial charge in [0.1, 0.15) is 18.3 Å². The van der Waals surface area contributed by atoms with Crippen LogP contribution in [-0.2, 0) is 16.1 Å². The highest BCUT2D eigenvalue weighted by Crippen LogP contribution is 2.26. The Morgan fingerprint density at radius 2 is 2.36 bits per heavy atom. The predicted octanol–water partition coefficient (Wildman–Crippen LogP) is 0.958. The SMILES string of the molecule is O=C1OCC1c1ccc(CO)c(F)c1. The number of esters is 1. The van der Waals surface area contributed by atoms with Crippen molar-refractivity contribution in [2.45, 2.75) is 12.5 Å². The summed E-state index contributed by atoms with van der Waals surface area (Å²) in [7, 11) is 0. The van der Waals surface area contributed by atoms with E-state index < -0.39 is 5.82 Å². The number of benzene rings is 1. The van der Waals surface area contributed by atoms with Crippen molar-refractivity contribution in [3.05, 3.63) is 35.1 Å². The zero-order valence-electron chi connectivity index (χ0n) is 7.37. The highest BCUT2D eigenvalue weighted by Gasteiger charge is 2.32. The first kappa shape index (κ1) is 9.15. The molecule has 0 amide bonds. The van der Waals surface area contributed by atoms with Crippen LogP contribution in [0.5, 0.6) is 0 Å². The molecule has 0 radical (unpaired) electrons. The summed E-state index contributed by atoms with van der Waals surface area (Å²) in [6.45, 7) is -0.0159. The molecule has 1 N–H and O–H groups in total. The van der Waals surface area contributed by atoms with Crippen molar-refractivity contribution < 1.29 is 19.0 Å². The standard InChI is InChI=1S/C10H9FO3/c11-9-3-6(1-2-7(9)4-12)8-5-14-10(8)13/h1-3,8,12H,4-5H2. The minimum absolute atomic E-state index is 0.237. The third kappa shape index (κ3) is 1.37.